The SMILES string of the molecule is CCCCCCCCOc1cc(CCCN2CCNCC2)c(OCCCCCCCC)cc1CCN. The topological polar surface area (TPSA) is 59.8 Å². The van der Waals surface area contributed by atoms with E-state index < -0.39 is 0 Å². The number of hydrogen-bond donors (Lipinski definition) is 2. The molecule has 1 aliphatic rings. The Labute approximate surface area is 222 Å². The minimum absolute atomic E-state index is 0.632. The molecule has 1 aliphatic heterocycles. The molecule has 2 rings (SSSR count). The number of unbranched alkanes of at least 4 members (excludes halogenated alkanes) is 10. The van der Waals surface area contributed by atoms with Gasteiger partial charge in [0, 0.05) is 26.2 Å². The summed E-state index contributed by atoms with van der Waals surface area (Å²) in [6.45, 7) is 12.4. The maximum absolute atomic E-state index is 6.39. The number of aryl methyl sites for hydroxylation is 1. The summed E-state index contributed by atoms with van der Waals surface area (Å²) in [4.78, 5) is 2.58. The van der Waals surface area contributed by atoms with Crippen LogP contribution in [-0.4, -0.2) is 57.4 Å². The molecule has 0 bridgehead atoms. The quantitative estimate of drug-likeness (QED) is 0.177. The molecule has 0 radical (unpaired) electrons. The molecular formula is C31H57N3O2. The van der Waals surface area contributed by atoms with Crippen LogP contribution in [0.15, 0.2) is 12.1 Å². The largest absolute Gasteiger partial charge is 0.493 e. The standard InChI is InChI=1S/C31H57N3O2/c1-3-5-7-9-11-13-24-35-30-27-29(17-18-32)31(36-25-14-12-10-8-6-4-2)26-28(30)16-15-21-34-22-19-33-20-23-34/h26-27,33H,3-25,32H2,1-2H3. The minimum atomic E-state index is 0.632. The summed E-state index contributed by atoms with van der Waals surface area (Å²) >= 11 is 0. The van der Waals surface area contributed by atoms with Gasteiger partial charge in [0.25, 0.3) is 0 Å². The average Bonchev–Trinajstić information content (AvgIpc) is 2.90. The molecule has 1 heterocycles. The molecule has 1 fully saturated rings. The molecule has 5 heteroatoms. The number of piperazine rings is 1. The van der Waals surface area contributed by atoms with E-state index in [-0.39, 0.29) is 0 Å². The van der Waals surface area contributed by atoms with Crippen molar-refractivity contribution in [2.45, 2.75) is 110 Å². The Morgan fingerprint density at radius 3 is 1.72 bits per heavy atom. The number of nitrogens with two attached hydrogens (primary N) is 1. The lowest BCUT2D eigenvalue weighted by Gasteiger charge is -2.27. The zero-order valence-corrected chi connectivity index (χ0v) is 23.8. The summed E-state index contributed by atoms with van der Waals surface area (Å²) in [5.74, 6) is 2.08. The third kappa shape index (κ3) is 13.3. The lowest BCUT2D eigenvalue weighted by atomic mass is 10.0. The highest BCUT2D eigenvalue weighted by atomic mass is 16.5. The molecule has 0 atom stereocenters. The van der Waals surface area contributed by atoms with Crippen LogP contribution in [0.25, 0.3) is 0 Å². The summed E-state index contributed by atoms with van der Waals surface area (Å²) in [5, 5.41) is 3.45. The average molecular weight is 504 g/mol. The first-order chi connectivity index (χ1) is 17.8. The predicted octanol–water partition coefficient (Wildman–Crippen LogP) is 6.50. The second-order valence-corrected chi connectivity index (χ2v) is 10.5. The van der Waals surface area contributed by atoms with Crippen LogP contribution in [0.5, 0.6) is 11.5 Å². The number of nitrogens with zero attached hydrogens (tertiary/aromatic N) is 1. The van der Waals surface area contributed by atoms with Crippen LogP contribution >= 0.6 is 0 Å². The fourth-order valence-electron chi connectivity index (χ4n) is 5.02. The number of ether oxygens (including phenoxy) is 2. The first-order valence-electron chi connectivity index (χ1n) is 15.3. The van der Waals surface area contributed by atoms with E-state index in [1.807, 2.05) is 0 Å². The van der Waals surface area contributed by atoms with Gasteiger partial charge in [-0.05, 0) is 68.5 Å². The normalized spacial score (nSPS) is 14.3. The third-order valence-corrected chi connectivity index (χ3v) is 7.30. The molecule has 0 amide bonds. The second-order valence-electron chi connectivity index (χ2n) is 10.5. The fraction of sp³-hybridized carbons (Fsp3) is 0.806. The minimum Gasteiger partial charge on any atom is -0.493 e. The highest BCUT2D eigenvalue weighted by Crippen LogP contribution is 2.31. The van der Waals surface area contributed by atoms with Crippen molar-refractivity contribution in [3.63, 3.8) is 0 Å². The van der Waals surface area contributed by atoms with Crippen molar-refractivity contribution < 1.29 is 9.47 Å². The van der Waals surface area contributed by atoms with Crippen molar-refractivity contribution in [2.75, 3.05) is 52.5 Å². The fourth-order valence-corrected chi connectivity index (χ4v) is 5.02. The van der Waals surface area contributed by atoms with Crippen LogP contribution < -0.4 is 20.5 Å². The molecule has 208 valence electrons. The van der Waals surface area contributed by atoms with Gasteiger partial charge in [0.15, 0.2) is 0 Å². The van der Waals surface area contributed by atoms with Crippen LogP contribution in [0, 0.1) is 0 Å². The van der Waals surface area contributed by atoms with Crippen LogP contribution in [0.4, 0.5) is 0 Å². The van der Waals surface area contributed by atoms with Gasteiger partial charge in [0.2, 0.25) is 0 Å². The Kier molecular flexibility index (Phi) is 17.8. The van der Waals surface area contributed by atoms with E-state index in [1.54, 1.807) is 0 Å². The highest BCUT2D eigenvalue weighted by Gasteiger charge is 2.14. The molecule has 1 aromatic carbocycles. The van der Waals surface area contributed by atoms with E-state index in [4.69, 9.17) is 15.2 Å². The molecule has 0 unspecified atom stereocenters. The van der Waals surface area contributed by atoms with Gasteiger partial charge in [0.05, 0.1) is 13.2 Å². The molecule has 1 saturated heterocycles. The van der Waals surface area contributed by atoms with Crippen LogP contribution in [0.1, 0.15) is 108 Å². The van der Waals surface area contributed by atoms with Crippen LogP contribution in [0.3, 0.4) is 0 Å². The third-order valence-electron chi connectivity index (χ3n) is 7.30. The van der Waals surface area contributed by atoms with Gasteiger partial charge in [-0.15, -0.1) is 0 Å². The lowest BCUT2D eigenvalue weighted by Crippen LogP contribution is -2.43. The Morgan fingerprint density at radius 1 is 0.694 bits per heavy atom. The molecule has 0 aromatic heterocycles. The van der Waals surface area contributed by atoms with Crippen molar-refractivity contribution in [1.29, 1.82) is 0 Å². The van der Waals surface area contributed by atoms with E-state index in [2.05, 4.69) is 36.2 Å². The van der Waals surface area contributed by atoms with Crippen molar-refractivity contribution in [2.24, 2.45) is 5.73 Å². The van der Waals surface area contributed by atoms with Gasteiger partial charge in [-0.25, -0.2) is 0 Å². The molecular weight excluding hydrogens is 446 g/mol. The predicted molar refractivity (Wildman–Crippen MR) is 155 cm³/mol. The van der Waals surface area contributed by atoms with Gasteiger partial charge in [-0.3, -0.25) is 0 Å². The number of benzene rings is 1. The molecule has 0 spiro atoms. The zero-order chi connectivity index (χ0) is 25.7. The van der Waals surface area contributed by atoms with Gasteiger partial charge < -0.3 is 25.4 Å². The molecule has 5 nitrogen and oxygen atoms in total. The monoisotopic (exact) mass is 503 g/mol. The smallest absolute Gasteiger partial charge is 0.123 e. The molecule has 0 saturated carbocycles. The van der Waals surface area contributed by atoms with Crippen molar-refractivity contribution >= 4 is 0 Å². The van der Waals surface area contributed by atoms with Gasteiger partial charge in [0.1, 0.15) is 11.5 Å². The summed E-state index contributed by atoms with van der Waals surface area (Å²) in [7, 11) is 0. The zero-order valence-electron chi connectivity index (χ0n) is 23.8. The van der Waals surface area contributed by atoms with E-state index >= 15 is 0 Å². The number of nitrogens with one attached hydrogen (secondary N) is 1. The van der Waals surface area contributed by atoms with E-state index in [9.17, 15) is 0 Å². The molecule has 0 aliphatic carbocycles. The number of hydrogen-bond acceptors (Lipinski definition) is 5. The van der Waals surface area contributed by atoms with E-state index in [0.717, 1.165) is 89.5 Å². The summed E-state index contributed by atoms with van der Waals surface area (Å²) in [6, 6.07) is 4.51. The first kappa shape index (κ1) is 30.9. The Hall–Kier alpha value is -1.30. The number of rotatable bonds is 22. The maximum atomic E-state index is 6.39. The Bertz CT molecular complexity index is 661. The Balaban J connectivity index is 1.96. The summed E-state index contributed by atoms with van der Waals surface area (Å²) < 4.78 is 12.7. The first-order valence-corrected chi connectivity index (χ1v) is 15.3. The molecule has 1 aromatic rings. The maximum Gasteiger partial charge on any atom is 0.123 e. The van der Waals surface area contributed by atoms with Crippen LogP contribution in [-0.2, 0) is 12.8 Å². The lowest BCUT2D eigenvalue weighted by molar-refractivity contribution is 0.238. The van der Waals surface area contributed by atoms with Crippen molar-refractivity contribution in [3.05, 3.63) is 23.3 Å². The summed E-state index contributed by atoms with van der Waals surface area (Å²) in [6.07, 6.45) is 18.4. The molecule has 36 heavy (non-hydrogen) atoms. The van der Waals surface area contributed by atoms with Crippen LogP contribution in [0.2, 0.25) is 0 Å². The Morgan fingerprint density at radius 2 is 1.19 bits per heavy atom. The molecule has 3 N–H and O–H groups in total. The second kappa shape index (κ2) is 20.7. The van der Waals surface area contributed by atoms with Gasteiger partial charge in [-0.1, -0.05) is 78.1 Å². The van der Waals surface area contributed by atoms with E-state index in [0.29, 0.717) is 6.54 Å². The highest BCUT2D eigenvalue weighted by molar-refractivity contribution is 5.47. The summed E-state index contributed by atoms with van der Waals surface area (Å²) in [5.41, 5.74) is 8.48. The van der Waals surface area contributed by atoms with Gasteiger partial charge >= 0.3 is 0 Å². The van der Waals surface area contributed by atoms with Crippen molar-refractivity contribution in [1.82, 2.24) is 10.2 Å². The van der Waals surface area contributed by atoms with Gasteiger partial charge in [-0.2, -0.15) is 0 Å². The van der Waals surface area contributed by atoms with Crippen molar-refractivity contribution in [3.8, 4) is 11.5 Å². The van der Waals surface area contributed by atoms with E-state index in [1.165, 1.54) is 75.3 Å².